The van der Waals surface area contributed by atoms with Gasteiger partial charge >= 0.3 is 0 Å². The van der Waals surface area contributed by atoms with E-state index in [1.165, 1.54) is 5.69 Å². The van der Waals surface area contributed by atoms with Gasteiger partial charge < -0.3 is 19.3 Å². The summed E-state index contributed by atoms with van der Waals surface area (Å²) in [6.45, 7) is 5.98. The van der Waals surface area contributed by atoms with Crippen molar-refractivity contribution in [3.8, 4) is 5.75 Å². The van der Waals surface area contributed by atoms with Crippen LogP contribution in [0.3, 0.4) is 0 Å². The van der Waals surface area contributed by atoms with Gasteiger partial charge in [0.15, 0.2) is 0 Å². The molecule has 0 bridgehead atoms. The Bertz CT molecular complexity index is 824. The lowest BCUT2D eigenvalue weighted by Gasteiger charge is -2.29. The fourth-order valence-corrected chi connectivity index (χ4v) is 3.26. The standard InChI is InChI=1S/C23H28N2O3/c1-18-4-10-22(27-3)20(16-18)7-11-23(26)24(2)17-19-5-8-21(9-6-19)25-12-14-28-15-13-25/h4-11,16H,12-15,17H2,1-3H3/b11-7+. The van der Waals surface area contributed by atoms with Crippen molar-refractivity contribution in [2.24, 2.45) is 0 Å². The summed E-state index contributed by atoms with van der Waals surface area (Å²) in [5.74, 6) is 0.719. The summed E-state index contributed by atoms with van der Waals surface area (Å²) >= 11 is 0. The van der Waals surface area contributed by atoms with E-state index in [1.54, 1.807) is 18.1 Å². The Balaban J connectivity index is 1.60. The normalized spacial score (nSPS) is 14.3. The van der Waals surface area contributed by atoms with E-state index in [9.17, 15) is 4.79 Å². The molecule has 1 aliphatic heterocycles. The average Bonchev–Trinajstić information content (AvgIpc) is 2.73. The van der Waals surface area contributed by atoms with Crippen LogP contribution in [0.15, 0.2) is 48.5 Å². The number of likely N-dealkylation sites (N-methyl/N-ethyl adjacent to an activating group) is 1. The molecule has 2 aromatic rings. The molecule has 1 aliphatic rings. The molecule has 0 atom stereocenters. The maximum absolute atomic E-state index is 12.5. The number of carbonyl (C=O) groups is 1. The van der Waals surface area contributed by atoms with Crippen LogP contribution in [0, 0.1) is 6.92 Å². The third kappa shape index (κ3) is 5.14. The van der Waals surface area contributed by atoms with Gasteiger partial charge in [-0.1, -0.05) is 23.8 Å². The van der Waals surface area contributed by atoms with Gasteiger partial charge in [-0.05, 0) is 42.8 Å². The molecule has 0 aliphatic carbocycles. The first-order valence-corrected chi connectivity index (χ1v) is 9.56. The average molecular weight is 380 g/mol. The maximum Gasteiger partial charge on any atom is 0.246 e. The summed E-state index contributed by atoms with van der Waals surface area (Å²) in [7, 11) is 3.45. The van der Waals surface area contributed by atoms with Crippen LogP contribution in [-0.2, 0) is 16.1 Å². The molecule has 0 saturated carbocycles. The minimum absolute atomic E-state index is 0.0409. The van der Waals surface area contributed by atoms with E-state index < -0.39 is 0 Å². The Morgan fingerprint density at radius 3 is 2.57 bits per heavy atom. The van der Waals surface area contributed by atoms with Crippen LogP contribution < -0.4 is 9.64 Å². The third-order valence-corrected chi connectivity index (χ3v) is 4.90. The van der Waals surface area contributed by atoms with Crippen LogP contribution >= 0.6 is 0 Å². The highest BCUT2D eigenvalue weighted by Gasteiger charge is 2.12. The van der Waals surface area contributed by atoms with Crippen molar-refractivity contribution in [2.75, 3.05) is 45.4 Å². The number of anilines is 1. The van der Waals surface area contributed by atoms with Crippen LogP contribution in [0.4, 0.5) is 5.69 Å². The molecule has 5 nitrogen and oxygen atoms in total. The van der Waals surface area contributed by atoms with E-state index in [0.29, 0.717) is 6.54 Å². The van der Waals surface area contributed by atoms with Gasteiger partial charge in [-0.2, -0.15) is 0 Å². The van der Waals surface area contributed by atoms with Crippen molar-refractivity contribution < 1.29 is 14.3 Å². The second-order valence-corrected chi connectivity index (χ2v) is 7.04. The number of aryl methyl sites for hydroxylation is 1. The van der Waals surface area contributed by atoms with Crippen molar-refractivity contribution >= 4 is 17.7 Å². The molecule has 0 spiro atoms. The topological polar surface area (TPSA) is 42.0 Å². The lowest BCUT2D eigenvalue weighted by atomic mass is 10.1. The number of nitrogens with zero attached hydrogens (tertiary/aromatic N) is 2. The Labute approximate surface area is 167 Å². The molecule has 1 saturated heterocycles. The number of methoxy groups -OCH3 is 1. The van der Waals surface area contributed by atoms with E-state index in [-0.39, 0.29) is 5.91 Å². The summed E-state index contributed by atoms with van der Waals surface area (Å²) in [6.07, 6.45) is 3.41. The molecular weight excluding hydrogens is 352 g/mol. The lowest BCUT2D eigenvalue weighted by molar-refractivity contribution is -0.125. The van der Waals surface area contributed by atoms with Crippen molar-refractivity contribution in [3.63, 3.8) is 0 Å². The molecule has 0 radical (unpaired) electrons. The van der Waals surface area contributed by atoms with E-state index >= 15 is 0 Å². The highest BCUT2D eigenvalue weighted by molar-refractivity contribution is 5.92. The molecule has 0 unspecified atom stereocenters. The second kappa shape index (κ2) is 9.42. The van der Waals surface area contributed by atoms with E-state index in [4.69, 9.17) is 9.47 Å². The van der Waals surface area contributed by atoms with Crippen LogP contribution in [-0.4, -0.2) is 51.3 Å². The van der Waals surface area contributed by atoms with Gasteiger partial charge in [0.1, 0.15) is 5.75 Å². The first kappa shape index (κ1) is 20.0. The monoisotopic (exact) mass is 380 g/mol. The van der Waals surface area contributed by atoms with Gasteiger partial charge in [-0.15, -0.1) is 0 Å². The van der Waals surface area contributed by atoms with Gasteiger partial charge in [0, 0.05) is 44.0 Å². The smallest absolute Gasteiger partial charge is 0.246 e. The first-order valence-electron chi connectivity index (χ1n) is 9.56. The van der Waals surface area contributed by atoms with Crippen molar-refractivity contribution in [1.82, 2.24) is 4.90 Å². The molecule has 5 heteroatoms. The Morgan fingerprint density at radius 1 is 1.18 bits per heavy atom. The number of amides is 1. The summed E-state index contributed by atoms with van der Waals surface area (Å²) < 4.78 is 10.8. The molecule has 3 rings (SSSR count). The number of ether oxygens (including phenoxy) is 2. The minimum atomic E-state index is -0.0409. The molecule has 1 amide bonds. The van der Waals surface area contributed by atoms with Crippen LogP contribution in [0.1, 0.15) is 16.7 Å². The van der Waals surface area contributed by atoms with Gasteiger partial charge in [0.2, 0.25) is 5.91 Å². The number of benzene rings is 2. The molecule has 0 aromatic heterocycles. The van der Waals surface area contributed by atoms with E-state index in [1.807, 2.05) is 38.2 Å². The maximum atomic E-state index is 12.5. The number of morpholine rings is 1. The predicted molar refractivity (Wildman–Crippen MR) is 113 cm³/mol. The first-order chi connectivity index (χ1) is 13.6. The molecule has 28 heavy (non-hydrogen) atoms. The van der Waals surface area contributed by atoms with Crippen molar-refractivity contribution in [2.45, 2.75) is 13.5 Å². The largest absolute Gasteiger partial charge is 0.496 e. The number of carbonyl (C=O) groups excluding carboxylic acids is 1. The highest BCUT2D eigenvalue weighted by Crippen LogP contribution is 2.21. The van der Waals surface area contributed by atoms with Crippen LogP contribution in [0.25, 0.3) is 6.08 Å². The predicted octanol–water partition coefficient (Wildman–Crippen LogP) is 3.51. The third-order valence-electron chi connectivity index (χ3n) is 4.90. The summed E-state index contributed by atoms with van der Waals surface area (Å²) in [5.41, 5.74) is 4.34. The van der Waals surface area contributed by atoms with E-state index in [2.05, 4.69) is 29.2 Å². The Kier molecular flexibility index (Phi) is 6.71. The van der Waals surface area contributed by atoms with Gasteiger partial charge in [-0.3, -0.25) is 4.79 Å². The number of hydrogen-bond acceptors (Lipinski definition) is 4. The fourth-order valence-electron chi connectivity index (χ4n) is 3.26. The second-order valence-electron chi connectivity index (χ2n) is 7.04. The summed E-state index contributed by atoms with van der Waals surface area (Å²) in [4.78, 5) is 16.5. The Morgan fingerprint density at radius 2 is 1.89 bits per heavy atom. The zero-order valence-corrected chi connectivity index (χ0v) is 16.9. The number of rotatable bonds is 6. The minimum Gasteiger partial charge on any atom is -0.496 e. The lowest BCUT2D eigenvalue weighted by Crippen LogP contribution is -2.36. The zero-order chi connectivity index (χ0) is 19.9. The van der Waals surface area contributed by atoms with Crippen LogP contribution in [0.5, 0.6) is 5.75 Å². The SMILES string of the molecule is COc1ccc(C)cc1/C=C/C(=O)N(C)Cc1ccc(N2CCOCC2)cc1. The molecule has 2 aromatic carbocycles. The van der Waals surface area contributed by atoms with Gasteiger partial charge in [0.05, 0.1) is 20.3 Å². The Hall–Kier alpha value is -2.79. The fraction of sp³-hybridized carbons (Fsp3) is 0.348. The highest BCUT2D eigenvalue weighted by atomic mass is 16.5. The van der Waals surface area contributed by atoms with Gasteiger partial charge in [-0.25, -0.2) is 0 Å². The quantitative estimate of drug-likeness (QED) is 0.719. The van der Waals surface area contributed by atoms with E-state index in [0.717, 1.165) is 48.7 Å². The molecule has 0 N–H and O–H groups in total. The molecule has 1 fully saturated rings. The molecular formula is C23H28N2O3. The zero-order valence-electron chi connectivity index (χ0n) is 16.9. The van der Waals surface area contributed by atoms with Crippen molar-refractivity contribution in [1.29, 1.82) is 0 Å². The number of hydrogen-bond donors (Lipinski definition) is 0. The summed E-state index contributed by atoms with van der Waals surface area (Å²) in [5, 5.41) is 0. The van der Waals surface area contributed by atoms with Gasteiger partial charge in [0.25, 0.3) is 0 Å². The van der Waals surface area contributed by atoms with Crippen molar-refractivity contribution in [3.05, 3.63) is 65.2 Å². The summed E-state index contributed by atoms with van der Waals surface area (Å²) in [6, 6.07) is 14.3. The molecule has 1 heterocycles. The molecule has 148 valence electrons. The van der Waals surface area contributed by atoms with Crippen LogP contribution in [0.2, 0.25) is 0 Å².